The first kappa shape index (κ1) is 41.8. The van der Waals surface area contributed by atoms with E-state index in [4.69, 9.17) is 0 Å². The summed E-state index contributed by atoms with van der Waals surface area (Å²) < 4.78 is -0.0248. The fourth-order valence-electron chi connectivity index (χ4n) is 12.8. The number of para-hydroxylation sites is 2. The summed E-state index contributed by atoms with van der Waals surface area (Å²) in [5.41, 5.74) is 16.3. The molecule has 3 aliphatic carbocycles. The van der Waals surface area contributed by atoms with Crippen molar-refractivity contribution in [2.75, 3.05) is 9.80 Å². The Hall–Kier alpha value is -5.17. The van der Waals surface area contributed by atoms with E-state index in [-0.39, 0.29) is 4.66 Å². The van der Waals surface area contributed by atoms with Crippen LogP contribution in [-0.4, -0.2) is 16.1 Å². The Labute approximate surface area is 380 Å². The van der Waals surface area contributed by atoms with Crippen LogP contribution < -0.4 is 9.80 Å². The Morgan fingerprint density at radius 1 is 0.397 bits per heavy atom. The molecule has 7 aromatic rings. The van der Waals surface area contributed by atoms with Gasteiger partial charge in [0.25, 0.3) is 0 Å². The van der Waals surface area contributed by atoms with Gasteiger partial charge in [-0.15, -0.1) is 0 Å². The van der Waals surface area contributed by atoms with Crippen molar-refractivity contribution in [2.24, 2.45) is 0 Å². The van der Waals surface area contributed by atoms with Crippen molar-refractivity contribution < 1.29 is 0 Å². The number of hydrogen-bond donors (Lipinski definition) is 0. The van der Waals surface area contributed by atoms with Crippen molar-refractivity contribution in [2.45, 2.75) is 120 Å². The van der Waals surface area contributed by atoms with Crippen LogP contribution in [0.1, 0.15) is 98.3 Å². The van der Waals surface area contributed by atoms with E-state index in [1.165, 1.54) is 131 Å². The average molecular weight is 859 g/mol. The molecule has 10 rings (SSSR count). The zero-order valence-electron chi connectivity index (χ0n) is 38.6. The van der Waals surface area contributed by atoms with Crippen molar-refractivity contribution >= 4 is 61.0 Å². The molecule has 0 amide bonds. The molecular weight excluding hydrogens is 793 g/mol. The summed E-state index contributed by atoms with van der Waals surface area (Å²) in [6, 6.07) is 60.9. The van der Waals surface area contributed by atoms with Gasteiger partial charge in [0.2, 0.25) is 0 Å². The highest BCUT2D eigenvalue weighted by atomic mass is 28.4. The van der Waals surface area contributed by atoms with E-state index in [1.807, 2.05) is 0 Å². The van der Waals surface area contributed by atoms with Crippen LogP contribution in [0.2, 0.25) is 39.3 Å². The quantitative estimate of drug-likeness (QED) is 0.126. The van der Waals surface area contributed by atoms with Crippen LogP contribution in [0.4, 0.5) is 34.1 Å². The van der Waals surface area contributed by atoms with Crippen LogP contribution >= 0.6 is 0 Å². The first-order valence-corrected chi connectivity index (χ1v) is 31.2. The SMILES string of the molecule is C[Si](C)(C)C1([Si](C)(C)C)c2cc(N(c3ccccc3)c3ccc(C4CCCCC4)cc3)ccc2-c2ccc3cc(N(c4ccccc4)c4ccc(C5CCCCC5)cc4)ccc3c21. The molecular formula is C59H66N2Si2. The van der Waals surface area contributed by atoms with Crippen LogP contribution in [0.25, 0.3) is 21.9 Å². The van der Waals surface area contributed by atoms with Crippen molar-refractivity contribution in [3.8, 4) is 11.1 Å². The monoisotopic (exact) mass is 858 g/mol. The summed E-state index contributed by atoms with van der Waals surface area (Å²) in [4.78, 5) is 4.97. The van der Waals surface area contributed by atoms with E-state index in [1.54, 1.807) is 11.1 Å². The second kappa shape index (κ2) is 16.8. The van der Waals surface area contributed by atoms with Gasteiger partial charge in [0.1, 0.15) is 0 Å². The van der Waals surface area contributed by atoms with Crippen LogP contribution in [0.15, 0.2) is 158 Å². The molecule has 3 aliphatic rings. The highest BCUT2D eigenvalue weighted by Crippen LogP contribution is 2.61. The molecule has 0 aromatic heterocycles. The lowest BCUT2D eigenvalue weighted by molar-refractivity contribution is 0.443. The van der Waals surface area contributed by atoms with Gasteiger partial charge in [-0.2, -0.15) is 0 Å². The fraction of sp³-hybridized carbons (Fsp3) is 0.322. The third kappa shape index (κ3) is 7.41. The molecule has 320 valence electrons. The fourth-order valence-corrected chi connectivity index (χ4v) is 25.9. The first-order chi connectivity index (χ1) is 30.5. The lowest BCUT2D eigenvalue weighted by Crippen LogP contribution is -2.63. The van der Waals surface area contributed by atoms with Crippen molar-refractivity contribution in [1.29, 1.82) is 0 Å². The van der Waals surface area contributed by atoms with E-state index in [0.29, 0.717) is 11.8 Å². The zero-order chi connectivity index (χ0) is 43.3. The summed E-state index contributed by atoms with van der Waals surface area (Å²) in [6.45, 7) is 15.9. The zero-order valence-corrected chi connectivity index (χ0v) is 40.6. The molecule has 0 spiro atoms. The van der Waals surface area contributed by atoms with Gasteiger partial charge in [-0.25, -0.2) is 0 Å². The maximum absolute atomic E-state index is 2.65. The van der Waals surface area contributed by atoms with Gasteiger partial charge in [-0.05, 0) is 154 Å². The van der Waals surface area contributed by atoms with Crippen molar-refractivity contribution in [3.05, 3.63) is 180 Å². The van der Waals surface area contributed by atoms with Gasteiger partial charge in [0.05, 0.1) is 16.1 Å². The normalized spacial score (nSPS) is 16.7. The lowest BCUT2D eigenvalue weighted by Gasteiger charge is -2.51. The molecule has 0 saturated heterocycles. The molecule has 0 heterocycles. The number of rotatable bonds is 10. The molecule has 0 N–H and O–H groups in total. The van der Waals surface area contributed by atoms with Crippen LogP contribution in [0.3, 0.4) is 0 Å². The summed E-state index contributed by atoms with van der Waals surface area (Å²) in [5.74, 6) is 1.38. The molecule has 0 bridgehead atoms. The predicted molar refractivity (Wildman–Crippen MR) is 278 cm³/mol. The topological polar surface area (TPSA) is 6.48 Å². The number of anilines is 6. The van der Waals surface area contributed by atoms with Gasteiger partial charge in [0.15, 0.2) is 0 Å². The van der Waals surface area contributed by atoms with E-state index in [0.717, 1.165) is 0 Å². The number of benzene rings is 7. The van der Waals surface area contributed by atoms with Crippen LogP contribution in [0.5, 0.6) is 0 Å². The number of fused-ring (bicyclic) bond motifs is 5. The van der Waals surface area contributed by atoms with E-state index >= 15 is 0 Å². The lowest BCUT2D eigenvalue weighted by atomic mass is 9.84. The molecule has 0 atom stereocenters. The van der Waals surface area contributed by atoms with Gasteiger partial charge >= 0.3 is 0 Å². The molecule has 2 saturated carbocycles. The predicted octanol–water partition coefficient (Wildman–Crippen LogP) is 17.9. The summed E-state index contributed by atoms with van der Waals surface area (Å²) in [5, 5.41) is 2.74. The smallest absolute Gasteiger partial charge is 0.0579 e. The molecule has 4 heteroatoms. The van der Waals surface area contributed by atoms with E-state index in [9.17, 15) is 0 Å². The Kier molecular flexibility index (Phi) is 11.1. The summed E-state index contributed by atoms with van der Waals surface area (Å²) >= 11 is 0. The van der Waals surface area contributed by atoms with E-state index < -0.39 is 16.1 Å². The standard InChI is InChI=1S/C59H66N2Si2/c1-62(2,3)59(63(4,5)6)57-42-53(61(49-25-17-10-18-26-49)51-34-29-46(30-35-51)44-21-13-8-14-22-44)37-40-55(57)56-38-31-47-41-52(36-39-54(47)58(56)59)60(48-23-15-9-16-24-48)50-32-27-45(28-33-50)43-19-11-7-12-20-43/h9-10,15-18,23-44H,7-8,11-14,19-22H2,1-6H3. The largest absolute Gasteiger partial charge is 0.310 e. The molecule has 0 radical (unpaired) electrons. The molecule has 0 aliphatic heterocycles. The van der Waals surface area contributed by atoms with Crippen LogP contribution in [0, 0.1) is 0 Å². The second-order valence-electron chi connectivity index (χ2n) is 21.1. The van der Waals surface area contributed by atoms with Gasteiger partial charge in [-0.1, -0.05) is 163 Å². The Bertz CT molecular complexity index is 2680. The third-order valence-corrected chi connectivity index (χ3v) is 25.4. The molecule has 7 aromatic carbocycles. The van der Waals surface area contributed by atoms with Gasteiger partial charge in [-0.3, -0.25) is 0 Å². The Balaban J connectivity index is 1.10. The van der Waals surface area contributed by atoms with Gasteiger partial charge in [0, 0.05) is 38.8 Å². The molecule has 2 fully saturated rings. The highest BCUT2D eigenvalue weighted by Gasteiger charge is 2.60. The minimum atomic E-state index is -2.00. The second-order valence-corrected chi connectivity index (χ2v) is 32.1. The average Bonchev–Trinajstić information content (AvgIpc) is 3.63. The minimum Gasteiger partial charge on any atom is -0.310 e. The first-order valence-electron chi connectivity index (χ1n) is 24.2. The Morgan fingerprint density at radius 2 is 0.810 bits per heavy atom. The highest BCUT2D eigenvalue weighted by molar-refractivity contribution is 7.00. The number of hydrogen-bond acceptors (Lipinski definition) is 2. The minimum absolute atomic E-state index is 0.0248. The van der Waals surface area contributed by atoms with Crippen molar-refractivity contribution in [1.82, 2.24) is 0 Å². The van der Waals surface area contributed by atoms with E-state index in [2.05, 4.69) is 207 Å². The van der Waals surface area contributed by atoms with Crippen LogP contribution in [-0.2, 0) is 4.66 Å². The molecule has 0 unspecified atom stereocenters. The maximum Gasteiger partial charge on any atom is 0.0579 e. The molecule has 2 nitrogen and oxygen atoms in total. The summed E-state index contributed by atoms with van der Waals surface area (Å²) in [7, 11) is -4.00. The Morgan fingerprint density at radius 3 is 1.29 bits per heavy atom. The summed E-state index contributed by atoms with van der Waals surface area (Å²) in [6.07, 6.45) is 13.5. The van der Waals surface area contributed by atoms with Crippen molar-refractivity contribution in [3.63, 3.8) is 0 Å². The number of nitrogens with zero attached hydrogens (tertiary/aromatic N) is 2. The molecule has 63 heavy (non-hydrogen) atoms. The van der Waals surface area contributed by atoms with Gasteiger partial charge < -0.3 is 9.80 Å². The third-order valence-electron chi connectivity index (χ3n) is 15.3. The maximum atomic E-state index is 2.65.